The van der Waals surface area contributed by atoms with E-state index in [2.05, 4.69) is 26.1 Å². The van der Waals surface area contributed by atoms with Gasteiger partial charge in [0.2, 0.25) is 5.91 Å². The van der Waals surface area contributed by atoms with E-state index in [9.17, 15) is 19.8 Å². The Balaban J connectivity index is 4.35. The minimum Gasteiger partial charge on any atom is -0.462 e. The zero-order valence-electron chi connectivity index (χ0n) is 43.7. The predicted molar refractivity (Wildman–Crippen MR) is 278 cm³/mol. The van der Waals surface area contributed by atoms with Crippen LogP contribution >= 0.6 is 0 Å². The number of ether oxygens (including phenoxy) is 1. The molecule has 0 aromatic rings. The van der Waals surface area contributed by atoms with Crippen LogP contribution in [-0.4, -0.2) is 46.9 Å². The monoisotopic (exact) mass is 906 g/mol. The predicted octanol–water partition coefficient (Wildman–Crippen LogP) is 17.9. The highest BCUT2D eigenvalue weighted by Crippen LogP contribution is 2.19. The maximum absolute atomic E-state index is 13.2. The quantitative estimate of drug-likeness (QED) is 0.0417. The zero-order valence-corrected chi connectivity index (χ0v) is 43.7. The highest BCUT2D eigenvalue weighted by molar-refractivity contribution is 5.77. The Morgan fingerprint density at radius 3 is 0.953 bits per heavy atom. The van der Waals surface area contributed by atoms with Crippen LogP contribution in [0.25, 0.3) is 0 Å². The van der Waals surface area contributed by atoms with E-state index < -0.39 is 18.2 Å². The second kappa shape index (κ2) is 52.8. The Morgan fingerprint density at radius 1 is 0.391 bits per heavy atom. The summed E-state index contributed by atoms with van der Waals surface area (Å²) >= 11 is 0. The van der Waals surface area contributed by atoms with Gasteiger partial charge in [-0.1, -0.05) is 297 Å². The molecule has 0 saturated carbocycles. The lowest BCUT2D eigenvalue weighted by atomic mass is 10.0. The molecule has 6 nitrogen and oxygen atoms in total. The fourth-order valence-electron chi connectivity index (χ4n) is 9.49. The van der Waals surface area contributed by atoms with Crippen molar-refractivity contribution in [3.63, 3.8) is 0 Å². The number of nitrogens with one attached hydrogen (secondary N) is 1. The molecule has 0 radical (unpaired) electrons. The van der Waals surface area contributed by atoms with E-state index in [0.717, 1.165) is 38.5 Å². The highest BCUT2D eigenvalue weighted by atomic mass is 16.5. The number of aliphatic hydroxyl groups excluding tert-OH is 2. The first kappa shape index (κ1) is 62.9. The van der Waals surface area contributed by atoms with E-state index in [1.807, 2.05) is 0 Å². The molecule has 6 heteroatoms. The number of esters is 1. The number of hydrogen-bond donors (Lipinski definition) is 3. The van der Waals surface area contributed by atoms with Crippen LogP contribution in [0.15, 0.2) is 0 Å². The van der Waals surface area contributed by atoms with E-state index in [-0.39, 0.29) is 24.9 Å². The Hall–Kier alpha value is -1.14. The van der Waals surface area contributed by atoms with Gasteiger partial charge in [-0.2, -0.15) is 0 Å². The highest BCUT2D eigenvalue weighted by Gasteiger charge is 2.24. The molecule has 3 unspecified atom stereocenters. The van der Waals surface area contributed by atoms with Gasteiger partial charge in [-0.3, -0.25) is 9.59 Å². The van der Waals surface area contributed by atoms with Gasteiger partial charge in [-0.25, -0.2) is 0 Å². The summed E-state index contributed by atoms with van der Waals surface area (Å²) in [6.45, 7) is 6.53. The smallest absolute Gasteiger partial charge is 0.306 e. The maximum Gasteiger partial charge on any atom is 0.306 e. The number of hydrogen-bond acceptors (Lipinski definition) is 5. The molecule has 0 aromatic heterocycles. The standard InChI is InChI=1S/C58H115NO5/c1-4-7-10-13-16-19-22-24-26-28-29-30-32-34-36-39-42-45-48-51-58(63)64-54(49-46-43-40-37-21-18-15-12-9-6-3)52-57(62)59-55(53-60)56(61)50-47-44-41-38-35-33-31-27-25-23-20-17-14-11-8-5-2/h54-56,60-61H,4-53H2,1-3H3,(H,59,62). The molecule has 1 amide bonds. The summed E-state index contributed by atoms with van der Waals surface area (Å²) in [4.78, 5) is 26.2. The van der Waals surface area contributed by atoms with Gasteiger partial charge in [0.25, 0.3) is 0 Å². The lowest BCUT2D eigenvalue weighted by Gasteiger charge is -2.24. The Kier molecular flexibility index (Phi) is 51.9. The number of carbonyl (C=O) groups excluding carboxylic acids is 2. The molecule has 0 spiro atoms. The van der Waals surface area contributed by atoms with Crippen LogP contribution in [0.5, 0.6) is 0 Å². The summed E-state index contributed by atoms with van der Waals surface area (Å²) in [5, 5.41) is 23.9. The van der Waals surface area contributed by atoms with Crippen molar-refractivity contribution < 1.29 is 24.5 Å². The molecule has 0 aliphatic carbocycles. The summed E-state index contributed by atoms with van der Waals surface area (Å²) in [6, 6.07) is -0.693. The van der Waals surface area contributed by atoms with Crippen LogP contribution in [-0.2, 0) is 14.3 Å². The van der Waals surface area contributed by atoms with E-state index in [1.54, 1.807) is 0 Å². The molecule has 0 aliphatic rings. The third kappa shape index (κ3) is 47.4. The van der Waals surface area contributed by atoms with Crippen LogP contribution in [0.1, 0.15) is 335 Å². The molecule has 64 heavy (non-hydrogen) atoms. The van der Waals surface area contributed by atoms with Gasteiger partial charge >= 0.3 is 5.97 Å². The van der Waals surface area contributed by atoms with Crippen molar-refractivity contribution in [2.45, 2.75) is 354 Å². The lowest BCUT2D eigenvalue weighted by molar-refractivity contribution is -0.151. The first-order chi connectivity index (χ1) is 31.5. The number of unbranched alkanes of at least 4 members (excludes halogenated alkanes) is 42. The van der Waals surface area contributed by atoms with E-state index in [0.29, 0.717) is 19.3 Å². The average Bonchev–Trinajstić information content (AvgIpc) is 3.29. The van der Waals surface area contributed by atoms with E-state index in [1.165, 1.54) is 250 Å². The Bertz CT molecular complexity index is 928. The summed E-state index contributed by atoms with van der Waals surface area (Å²) in [5.41, 5.74) is 0. The summed E-state index contributed by atoms with van der Waals surface area (Å²) in [5.74, 6) is -0.447. The second-order valence-electron chi connectivity index (χ2n) is 20.4. The Labute approximate surface area is 400 Å². The molecule has 0 rings (SSSR count). The van der Waals surface area contributed by atoms with Gasteiger partial charge < -0.3 is 20.3 Å². The van der Waals surface area contributed by atoms with Crippen molar-refractivity contribution in [1.29, 1.82) is 0 Å². The summed E-state index contributed by atoms with van der Waals surface area (Å²) in [6.07, 6.45) is 58.9. The average molecular weight is 907 g/mol. The fourth-order valence-corrected chi connectivity index (χ4v) is 9.49. The summed E-state index contributed by atoms with van der Waals surface area (Å²) < 4.78 is 5.96. The van der Waals surface area contributed by atoms with Gasteiger partial charge in [0.15, 0.2) is 0 Å². The molecule has 3 atom stereocenters. The van der Waals surface area contributed by atoms with Gasteiger partial charge in [0.05, 0.1) is 25.2 Å². The lowest BCUT2D eigenvalue weighted by Crippen LogP contribution is -2.46. The van der Waals surface area contributed by atoms with E-state index in [4.69, 9.17) is 4.74 Å². The second-order valence-corrected chi connectivity index (χ2v) is 20.4. The van der Waals surface area contributed by atoms with E-state index >= 15 is 0 Å². The number of amides is 1. The molecule has 0 aliphatic heterocycles. The van der Waals surface area contributed by atoms with Crippen LogP contribution in [0, 0.1) is 0 Å². The minimum atomic E-state index is -0.780. The number of aliphatic hydroxyl groups is 2. The van der Waals surface area contributed by atoms with Gasteiger partial charge in [-0.15, -0.1) is 0 Å². The summed E-state index contributed by atoms with van der Waals surface area (Å²) in [7, 11) is 0. The van der Waals surface area contributed by atoms with Crippen molar-refractivity contribution in [1.82, 2.24) is 5.32 Å². The third-order valence-electron chi connectivity index (χ3n) is 13.9. The zero-order chi connectivity index (χ0) is 46.7. The van der Waals surface area contributed by atoms with Crippen molar-refractivity contribution in [3.05, 3.63) is 0 Å². The van der Waals surface area contributed by atoms with Gasteiger partial charge in [0, 0.05) is 6.42 Å². The Morgan fingerprint density at radius 2 is 0.656 bits per heavy atom. The van der Waals surface area contributed by atoms with Crippen LogP contribution < -0.4 is 5.32 Å². The molecule has 0 saturated heterocycles. The normalized spacial score (nSPS) is 13.0. The van der Waals surface area contributed by atoms with Crippen LogP contribution in [0.4, 0.5) is 0 Å². The maximum atomic E-state index is 13.2. The first-order valence-corrected chi connectivity index (χ1v) is 29.3. The molecule has 382 valence electrons. The van der Waals surface area contributed by atoms with Crippen LogP contribution in [0.3, 0.4) is 0 Å². The van der Waals surface area contributed by atoms with Crippen molar-refractivity contribution >= 4 is 11.9 Å². The van der Waals surface area contributed by atoms with Crippen LogP contribution in [0.2, 0.25) is 0 Å². The molecule has 0 bridgehead atoms. The van der Waals surface area contributed by atoms with Crippen molar-refractivity contribution in [2.75, 3.05) is 6.61 Å². The largest absolute Gasteiger partial charge is 0.462 e. The van der Waals surface area contributed by atoms with Crippen molar-refractivity contribution in [2.24, 2.45) is 0 Å². The number of rotatable bonds is 54. The molecule has 3 N–H and O–H groups in total. The van der Waals surface area contributed by atoms with Gasteiger partial charge in [0.1, 0.15) is 6.10 Å². The molecule has 0 fully saturated rings. The topological polar surface area (TPSA) is 95.9 Å². The van der Waals surface area contributed by atoms with Gasteiger partial charge in [-0.05, 0) is 25.7 Å². The van der Waals surface area contributed by atoms with Crippen molar-refractivity contribution in [3.8, 4) is 0 Å². The third-order valence-corrected chi connectivity index (χ3v) is 13.9. The minimum absolute atomic E-state index is 0.0879. The fraction of sp³-hybridized carbons (Fsp3) is 0.966. The molecular formula is C58H115NO5. The molecular weight excluding hydrogens is 791 g/mol. The number of carbonyl (C=O) groups is 2. The SMILES string of the molecule is CCCCCCCCCCCCCCCCCCCCCC(=O)OC(CCCCCCCCCCCC)CC(=O)NC(CO)C(O)CCCCCCCCCCCCCCCCCC. The molecule has 0 aromatic carbocycles. The first-order valence-electron chi connectivity index (χ1n) is 29.3. The molecule has 0 heterocycles.